The summed E-state index contributed by atoms with van der Waals surface area (Å²) < 4.78 is 16.9. The van der Waals surface area contributed by atoms with Crippen LogP contribution in [0.5, 0.6) is 5.75 Å². The molecule has 0 spiro atoms. The third kappa shape index (κ3) is 5.02. The second-order valence-corrected chi connectivity index (χ2v) is 7.50. The van der Waals surface area contributed by atoms with Crippen molar-refractivity contribution in [3.8, 4) is 17.2 Å². The molecular formula is C23H27N3O3. The largest absolute Gasteiger partial charge is 0.496 e. The lowest BCUT2D eigenvalue weighted by Crippen LogP contribution is -2.32. The predicted octanol–water partition coefficient (Wildman–Crippen LogP) is 4.23. The lowest BCUT2D eigenvalue weighted by molar-refractivity contribution is 0.0664. The first kappa shape index (κ1) is 19.6. The molecular weight excluding hydrogens is 366 g/mol. The topological polar surface area (TPSA) is 60.6 Å². The molecule has 0 saturated carbocycles. The molecule has 0 bridgehead atoms. The van der Waals surface area contributed by atoms with Gasteiger partial charge in [-0.15, -0.1) is 0 Å². The second-order valence-electron chi connectivity index (χ2n) is 7.50. The van der Waals surface area contributed by atoms with E-state index in [1.54, 1.807) is 7.11 Å². The van der Waals surface area contributed by atoms with Crippen molar-refractivity contribution in [2.75, 3.05) is 20.3 Å². The maximum absolute atomic E-state index is 5.87. The van der Waals surface area contributed by atoms with Crippen LogP contribution in [0, 0.1) is 6.92 Å². The van der Waals surface area contributed by atoms with Crippen LogP contribution in [0.4, 0.5) is 0 Å². The Morgan fingerprint density at radius 2 is 2.03 bits per heavy atom. The van der Waals surface area contributed by atoms with Gasteiger partial charge in [0, 0.05) is 30.8 Å². The fourth-order valence-corrected chi connectivity index (χ4v) is 3.75. The Morgan fingerprint density at radius 1 is 1.14 bits per heavy atom. The molecule has 6 heteroatoms. The molecule has 29 heavy (non-hydrogen) atoms. The van der Waals surface area contributed by atoms with Crippen molar-refractivity contribution in [1.29, 1.82) is 0 Å². The van der Waals surface area contributed by atoms with Gasteiger partial charge >= 0.3 is 0 Å². The number of hydrogen-bond donors (Lipinski definition) is 0. The van der Waals surface area contributed by atoms with E-state index in [1.807, 2.05) is 30.3 Å². The van der Waals surface area contributed by atoms with Gasteiger partial charge in [-0.25, -0.2) is 0 Å². The zero-order chi connectivity index (χ0) is 20.1. The molecule has 1 unspecified atom stereocenters. The summed E-state index contributed by atoms with van der Waals surface area (Å²) in [4.78, 5) is 6.93. The van der Waals surface area contributed by atoms with E-state index >= 15 is 0 Å². The molecule has 2 heterocycles. The van der Waals surface area contributed by atoms with E-state index in [0.29, 0.717) is 18.3 Å². The van der Waals surface area contributed by atoms with Crippen LogP contribution < -0.4 is 4.74 Å². The number of rotatable bonds is 8. The molecule has 4 rings (SSSR count). The molecule has 1 aliphatic heterocycles. The minimum atomic E-state index is 0.243. The van der Waals surface area contributed by atoms with Crippen LogP contribution in [-0.2, 0) is 17.8 Å². The van der Waals surface area contributed by atoms with E-state index < -0.39 is 0 Å². The first-order valence-electron chi connectivity index (χ1n) is 10.1. The smallest absolute Gasteiger partial charge is 0.257 e. The molecule has 0 radical (unpaired) electrons. The number of methoxy groups -OCH3 is 1. The predicted molar refractivity (Wildman–Crippen MR) is 111 cm³/mol. The van der Waals surface area contributed by atoms with E-state index in [2.05, 4.69) is 40.2 Å². The molecule has 2 aromatic carbocycles. The summed E-state index contributed by atoms with van der Waals surface area (Å²) in [6.07, 6.45) is 2.45. The fourth-order valence-electron chi connectivity index (χ4n) is 3.75. The summed E-state index contributed by atoms with van der Waals surface area (Å²) in [5.41, 5.74) is 3.24. The molecule has 1 saturated heterocycles. The highest BCUT2D eigenvalue weighted by Crippen LogP contribution is 2.23. The Bertz CT molecular complexity index is 934. The van der Waals surface area contributed by atoms with E-state index in [9.17, 15) is 0 Å². The molecule has 1 fully saturated rings. The van der Waals surface area contributed by atoms with Gasteiger partial charge in [-0.3, -0.25) is 4.90 Å². The van der Waals surface area contributed by atoms with Gasteiger partial charge in [-0.1, -0.05) is 41.1 Å². The van der Waals surface area contributed by atoms with Crippen molar-refractivity contribution in [2.24, 2.45) is 0 Å². The molecule has 3 aromatic rings. The van der Waals surface area contributed by atoms with Crippen molar-refractivity contribution in [2.45, 2.75) is 39.0 Å². The van der Waals surface area contributed by atoms with Gasteiger partial charge in [0.2, 0.25) is 0 Å². The van der Waals surface area contributed by atoms with E-state index in [-0.39, 0.29) is 6.10 Å². The standard InChI is InChI=1S/C23H27N3O3/c1-17-7-5-9-18(13-17)23-24-22(25-29-23)16-26(15-20-10-6-12-28-20)14-19-8-3-4-11-21(19)27-2/h3-5,7-9,11,13,20H,6,10,12,14-16H2,1-2H3. The molecule has 0 amide bonds. The average Bonchev–Trinajstić information content (AvgIpc) is 3.41. The van der Waals surface area contributed by atoms with Gasteiger partial charge in [0.1, 0.15) is 5.75 Å². The van der Waals surface area contributed by atoms with Crippen LogP contribution in [0.3, 0.4) is 0 Å². The third-order valence-electron chi connectivity index (χ3n) is 5.17. The monoisotopic (exact) mass is 393 g/mol. The van der Waals surface area contributed by atoms with Crippen LogP contribution in [0.2, 0.25) is 0 Å². The zero-order valence-corrected chi connectivity index (χ0v) is 17.0. The molecule has 0 aliphatic carbocycles. The quantitative estimate of drug-likeness (QED) is 0.571. The first-order valence-corrected chi connectivity index (χ1v) is 10.1. The van der Waals surface area contributed by atoms with E-state index in [0.717, 1.165) is 49.4 Å². The Labute approximate surface area is 171 Å². The minimum Gasteiger partial charge on any atom is -0.496 e. The Hall–Kier alpha value is -2.70. The molecule has 1 aromatic heterocycles. The van der Waals surface area contributed by atoms with Crippen LogP contribution in [0.1, 0.15) is 29.8 Å². The summed E-state index contributed by atoms with van der Waals surface area (Å²) in [7, 11) is 1.70. The van der Waals surface area contributed by atoms with E-state index in [1.165, 1.54) is 5.56 Å². The number of ether oxygens (including phenoxy) is 2. The highest BCUT2D eigenvalue weighted by Gasteiger charge is 2.22. The molecule has 152 valence electrons. The molecule has 0 N–H and O–H groups in total. The summed E-state index contributed by atoms with van der Waals surface area (Å²) in [6, 6.07) is 16.2. The summed E-state index contributed by atoms with van der Waals surface area (Å²) in [5.74, 6) is 2.12. The number of para-hydroxylation sites is 1. The maximum atomic E-state index is 5.87. The summed E-state index contributed by atoms with van der Waals surface area (Å²) >= 11 is 0. The Balaban J connectivity index is 1.52. The van der Waals surface area contributed by atoms with Crippen molar-refractivity contribution in [3.63, 3.8) is 0 Å². The van der Waals surface area contributed by atoms with Gasteiger partial charge in [0.25, 0.3) is 5.89 Å². The number of aromatic nitrogens is 2. The van der Waals surface area contributed by atoms with Gasteiger partial charge in [-0.05, 0) is 38.0 Å². The maximum Gasteiger partial charge on any atom is 0.257 e. The van der Waals surface area contributed by atoms with Gasteiger partial charge < -0.3 is 14.0 Å². The normalized spacial score (nSPS) is 16.4. The molecule has 1 atom stereocenters. The van der Waals surface area contributed by atoms with Crippen molar-refractivity contribution < 1.29 is 14.0 Å². The van der Waals surface area contributed by atoms with Crippen LogP contribution in [0.25, 0.3) is 11.5 Å². The lowest BCUT2D eigenvalue weighted by atomic mass is 10.1. The average molecular weight is 393 g/mol. The Morgan fingerprint density at radius 3 is 2.83 bits per heavy atom. The van der Waals surface area contributed by atoms with Crippen LogP contribution in [-0.4, -0.2) is 41.4 Å². The van der Waals surface area contributed by atoms with Gasteiger partial charge in [0.05, 0.1) is 19.8 Å². The lowest BCUT2D eigenvalue weighted by Gasteiger charge is -2.24. The highest BCUT2D eigenvalue weighted by atomic mass is 16.5. The van der Waals surface area contributed by atoms with Crippen LogP contribution in [0.15, 0.2) is 53.1 Å². The van der Waals surface area contributed by atoms with Gasteiger partial charge in [-0.2, -0.15) is 4.98 Å². The van der Waals surface area contributed by atoms with Crippen molar-refractivity contribution in [1.82, 2.24) is 15.0 Å². The highest BCUT2D eigenvalue weighted by molar-refractivity contribution is 5.53. The molecule has 1 aliphatic rings. The van der Waals surface area contributed by atoms with Crippen molar-refractivity contribution >= 4 is 0 Å². The van der Waals surface area contributed by atoms with E-state index in [4.69, 9.17) is 14.0 Å². The number of nitrogens with zero attached hydrogens (tertiary/aromatic N) is 3. The van der Waals surface area contributed by atoms with Crippen molar-refractivity contribution in [3.05, 3.63) is 65.5 Å². The SMILES string of the molecule is COc1ccccc1CN(Cc1noc(-c2cccc(C)c2)n1)CC1CCCO1. The summed E-state index contributed by atoms with van der Waals surface area (Å²) in [5, 5.41) is 4.22. The summed E-state index contributed by atoms with van der Waals surface area (Å²) in [6.45, 7) is 5.04. The van der Waals surface area contributed by atoms with Gasteiger partial charge in [0.15, 0.2) is 5.82 Å². The fraction of sp³-hybridized carbons (Fsp3) is 0.391. The second kappa shape index (κ2) is 9.20. The Kier molecular flexibility index (Phi) is 6.22. The third-order valence-corrected chi connectivity index (χ3v) is 5.17. The molecule has 6 nitrogen and oxygen atoms in total. The zero-order valence-electron chi connectivity index (χ0n) is 17.0. The number of aryl methyl sites for hydroxylation is 1. The number of benzene rings is 2. The first-order chi connectivity index (χ1) is 14.2. The minimum absolute atomic E-state index is 0.243. The number of hydrogen-bond acceptors (Lipinski definition) is 6. The van der Waals surface area contributed by atoms with Crippen LogP contribution >= 0.6 is 0 Å².